The van der Waals surface area contributed by atoms with Crippen LogP contribution in [0.25, 0.3) is 0 Å². The number of phenolic OH excluding ortho intramolecular Hbond substituents is 1. The van der Waals surface area contributed by atoms with Crippen molar-refractivity contribution in [3.63, 3.8) is 0 Å². The van der Waals surface area contributed by atoms with E-state index < -0.39 is 18.1 Å². The molecule has 4 heteroatoms. The average Bonchev–Trinajstić information content (AvgIpc) is 2.16. The van der Waals surface area contributed by atoms with Crippen molar-refractivity contribution in [2.75, 3.05) is 0 Å². The zero-order chi connectivity index (χ0) is 10.7. The number of carbonyl (C=O) groups is 2. The van der Waals surface area contributed by atoms with Gasteiger partial charge >= 0.3 is 5.97 Å². The molecule has 0 aliphatic rings. The van der Waals surface area contributed by atoms with Gasteiger partial charge < -0.3 is 10.2 Å². The van der Waals surface area contributed by atoms with E-state index in [0.29, 0.717) is 0 Å². The molecule has 0 aromatic heterocycles. The first kappa shape index (κ1) is 7.79. The molecule has 0 spiro atoms. The number of phenols is 1. The fraction of sp³-hybridized carbons (Fsp3) is 0.111. The van der Waals surface area contributed by atoms with Gasteiger partial charge in [0.1, 0.15) is 5.75 Å². The number of carbonyl (C=O) groups excluding carboxylic acids is 1. The Morgan fingerprint density at radius 3 is 2.31 bits per heavy atom. The van der Waals surface area contributed by atoms with Crippen LogP contribution in [0.4, 0.5) is 0 Å². The van der Waals surface area contributed by atoms with Gasteiger partial charge in [0.2, 0.25) is 5.78 Å². The summed E-state index contributed by atoms with van der Waals surface area (Å²) in [7, 11) is 0. The molecule has 0 saturated heterocycles. The fourth-order valence-corrected chi connectivity index (χ4v) is 0.784. The normalized spacial score (nSPS) is 13.1. The maximum absolute atomic E-state index is 10.9. The Bertz CT molecular complexity index is 358. The molecule has 0 saturated carbocycles. The molecule has 0 heterocycles. The second-order valence-corrected chi connectivity index (χ2v) is 2.41. The lowest BCUT2D eigenvalue weighted by molar-refractivity contribution is -0.148. The van der Waals surface area contributed by atoms with Crippen molar-refractivity contribution in [3.8, 4) is 5.75 Å². The predicted octanol–water partition coefficient (Wildman–Crippen LogP) is 0.588. The number of rotatable bonds is 3. The Morgan fingerprint density at radius 2 is 1.85 bits per heavy atom. The molecule has 1 rings (SSSR count). The minimum Gasteiger partial charge on any atom is -0.508 e. The van der Waals surface area contributed by atoms with Crippen LogP contribution in [0.2, 0.25) is 0 Å². The number of ketones is 1. The van der Waals surface area contributed by atoms with Crippen molar-refractivity contribution in [3.05, 3.63) is 29.8 Å². The first-order valence-corrected chi connectivity index (χ1v) is 3.50. The van der Waals surface area contributed by atoms with Gasteiger partial charge in [-0.15, -0.1) is 0 Å². The molecule has 0 bridgehead atoms. The van der Waals surface area contributed by atoms with Crippen molar-refractivity contribution in [2.45, 2.75) is 6.40 Å². The molecule has 1 unspecified atom stereocenters. The maximum Gasteiger partial charge on any atom is 0.372 e. The molecule has 1 atom stereocenters. The summed E-state index contributed by atoms with van der Waals surface area (Å²) >= 11 is 0. The van der Waals surface area contributed by atoms with Crippen LogP contribution >= 0.6 is 0 Å². The number of carboxylic acid groups (broad SMARTS) is 1. The van der Waals surface area contributed by atoms with E-state index in [-0.39, 0.29) is 11.3 Å². The van der Waals surface area contributed by atoms with Crippen molar-refractivity contribution in [2.24, 2.45) is 0 Å². The molecule has 0 amide bonds. The quantitative estimate of drug-likeness (QED) is 0.669. The van der Waals surface area contributed by atoms with E-state index in [0.717, 1.165) is 0 Å². The van der Waals surface area contributed by atoms with Gasteiger partial charge in [0.15, 0.2) is 0 Å². The van der Waals surface area contributed by atoms with Crippen molar-refractivity contribution in [1.29, 1.82) is 0 Å². The first-order chi connectivity index (χ1) is 6.52. The molecule has 4 nitrogen and oxygen atoms in total. The standard InChI is InChI=1S/C9H8O4/c10-7-3-1-6(2-4-7)5-8(11)9(12)13/h1-4,10H,5H2,(H,12,13)/i5D. The van der Waals surface area contributed by atoms with Gasteiger partial charge in [0.05, 0.1) is 0 Å². The smallest absolute Gasteiger partial charge is 0.372 e. The number of carboxylic acids is 1. The molecule has 0 aliphatic heterocycles. The topological polar surface area (TPSA) is 74.6 Å². The van der Waals surface area contributed by atoms with E-state index in [4.69, 9.17) is 11.6 Å². The summed E-state index contributed by atoms with van der Waals surface area (Å²) in [6, 6.07) is 5.28. The lowest BCUT2D eigenvalue weighted by Gasteiger charge is -1.97. The Hall–Kier alpha value is -1.84. The third-order valence-electron chi connectivity index (χ3n) is 1.40. The number of hydrogen-bond acceptors (Lipinski definition) is 3. The highest BCUT2D eigenvalue weighted by Crippen LogP contribution is 2.10. The molecule has 2 N–H and O–H groups in total. The van der Waals surface area contributed by atoms with E-state index in [1.54, 1.807) is 0 Å². The molecule has 0 radical (unpaired) electrons. The Morgan fingerprint density at radius 1 is 1.31 bits per heavy atom. The van der Waals surface area contributed by atoms with E-state index in [1.165, 1.54) is 24.3 Å². The van der Waals surface area contributed by atoms with Crippen LogP contribution in [-0.2, 0) is 16.0 Å². The Balaban J connectivity index is 2.89. The van der Waals surface area contributed by atoms with Crippen molar-refractivity contribution < 1.29 is 21.2 Å². The summed E-state index contributed by atoms with van der Waals surface area (Å²) in [5.41, 5.74) is 0.246. The van der Waals surface area contributed by atoms with Gasteiger partial charge in [-0.25, -0.2) is 4.79 Å². The second kappa shape index (κ2) is 3.71. The fourth-order valence-electron chi connectivity index (χ4n) is 0.784. The van der Waals surface area contributed by atoms with Gasteiger partial charge in [0, 0.05) is 7.77 Å². The monoisotopic (exact) mass is 181 g/mol. The van der Waals surface area contributed by atoms with Crippen LogP contribution in [0.5, 0.6) is 5.75 Å². The summed E-state index contributed by atoms with van der Waals surface area (Å²) in [4.78, 5) is 21.1. The predicted molar refractivity (Wildman–Crippen MR) is 44.5 cm³/mol. The molecule has 0 aliphatic carbocycles. The van der Waals surface area contributed by atoms with Crippen molar-refractivity contribution >= 4 is 11.8 Å². The van der Waals surface area contributed by atoms with Crippen LogP contribution in [0.15, 0.2) is 24.3 Å². The second-order valence-electron chi connectivity index (χ2n) is 2.41. The number of Topliss-reactive ketones (excluding diaryl/α,β-unsaturated/α-hetero) is 1. The number of aliphatic carboxylic acids is 1. The SMILES string of the molecule is [2H]C(C(=O)C(=O)O)c1ccc(O)cc1. The zero-order valence-corrected chi connectivity index (χ0v) is 6.60. The van der Waals surface area contributed by atoms with Crippen LogP contribution in [0.3, 0.4) is 0 Å². The van der Waals surface area contributed by atoms with Crippen LogP contribution in [-0.4, -0.2) is 22.0 Å². The summed E-state index contributed by atoms with van der Waals surface area (Å²) in [6.07, 6.45) is -1.44. The lowest BCUT2D eigenvalue weighted by atomic mass is 10.1. The molecular weight excluding hydrogens is 172 g/mol. The van der Waals surface area contributed by atoms with E-state index in [9.17, 15) is 9.59 Å². The van der Waals surface area contributed by atoms with Gasteiger partial charge in [-0.2, -0.15) is 0 Å². The highest BCUT2D eigenvalue weighted by atomic mass is 16.4. The third kappa shape index (κ3) is 2.59. The minimum absolute atomic E-state index is 0.00345. The third-order valence-corrected chi connectivity index (χ3v) is 1.40. The Kier molecular flexibility index (Phi) is 2.22. The maximum atomic E-state index is 10.9. The van der Waals surface area contributed by atoms with Gasteiger partial charge in [0.25, 0.3) is 0 Å². The highest BCUT2D eigenvalue weighted by Gasteiger charge is 2.11. The molecular formula is C9H8O4. The van der Waals surface area contributed by atoms with E-state index in [2.05, 4.69) is 0 Å². The van der Waals surface area contributed by atoms with Crippen LogP contribution < -0.4 is 0 Å². The zero-order valence-electron chi connectivity index (χ0n) is 7.60. The van der Waals surface area contributed by atoms with Crippen LogP contribution in [0.1, 0.15) is 6.93 Å². The van der Waals surface area contributed by atoms with Gasteiger partial charge in [-0.1, -0.05) is 12.1 Å². The molecule has 1 aromatic carbocycles. The van der Waals surface area contributed by atoms with Crippen LogP contribution in [0, 0.1) is 0 Å². The van der Waals surface area contributed by atoms with Gasteiger partial charge in [-0.05, 0) is 17.7 Å². The van der Waals surface area contributed by atoms with E-state index in [1.807, 2.05) is 0 Å². The summed E-state index contributed by atoms with van der Waals surface area (Å²) in [6.45, 7) is 0. The summed E-state index contributed by atoms with van der Waals surface area (Å²) < 4.78 is 7.31. The molecule has 1 aromatic rings. The van der Waals surface area contributed by atoms with Crippen molar-refractivity contribution in [1.82, 2.24) is 0 Å². The summed E-state index contributed by atoms with van der Waals surface area (Å²) in [5.74, 6) is -2.81. The first-order valence-electron chi connectivity index (χ1n) is 4.08. The van der Waals surface area contributed by atoms with E-state index >= 15 is 0 Å². The number of benzene rings is 1. The lowest BCUT2D eigenvalue weighted by Crippen LogP contribution is -2.14. The molecule has 68 valence electrons. The Labute approximate surface area is 75.8 Å². The van der Waals surface area contributed by atoms with Gasteiger partial charge in [-0.3, -0.25) is 4.79 Å². The molecule has 13 heavy (non-hydrogen) atoms. The average molecular weight is 181 g/mol. The highest BCUT2D eigenvalue weighted by molar-refractivity contribution is 6.33. The summed E-state index contributed by atoms with van der Waals surface area (Å²) in [5, 5.41) is 17.3. The molecule has 0 fully saturated rings. The number of aromatic hydroxyl groups is 1. The number of hydrogen-bond donors (Lipinski definition) is 2. The minimum atomic E-state index is -1.63. The largest absolute Gasteiger partial charge is 0.508 e.